The average Bonchev–Trinajstić information content (AvgIpc) is 2.74. The molecule has 2 aromatic carbocycles. The molecule has 1 heterocycles. The van der Waals surface area contributed by atoms with Gasteiger partial charge >= 0.3 is 0 Å². The van der Waals surface area contributed by atoms with Crippen molar-refractivity contribution in [1.29, 1.82) is 0 Å². The van der Waals surface area contributed by atoms with Crippen molar-refractivity contribution in [2.75, 3.05) is 27.3 Å². The van der Waals surface area contributed by atoms with Gasteiger partial charge in [-0.05, 0) is 54.8 Å². The molecular formula is C21H25ClN2O5S. The van der Waals surface area contributed by atoms with Gasteiger partial charge in [0.2, 0.25) is 15.9 Å². The van der Waals surface area contributed by atoms with Crippen molar-refractivity contribution in [3.05, 3.63) is 53.1 Å². The molecule has 2 aromatic rings. The van der Waals surface area contributed by atoms with Crippen LogP contribution in [-0.4, -0.2) is 52.6 Å². The number of amides is 1. The summed E-state index contributed by atoms with van der Waals surface area (Å²) in [6.07, 6.45) is 1.37. The topological polar surface area (TPSA) is 84.9 Å². The van der Waals surface area contributed by atoms with Crippen molar-refractivity contribution in [3.8, 4) is 11.5 Å². The van der Waals surface area contributed by atoms with Gasteiger partial charge in [-0.2, -0.15) is 0 Å². The maximum absolute atomic E-state index is 12.7. The molecule has 0 atom stereocenters. The molecular weight excluding hydrogens is 428 g/mol. The number of carbonyl (C=O) groups is 1. The Morgan fingerprint density at radius 2 is 1.70 bits per heavy atom. The smallest absolute Gasteiger partial charge is 0.240 e. The van der Waals surface area contributed by atoms with Gasteiger partial charge in [-0.1, -0.05) is 17.7 Å². The van der Waals surface area contributed by atoms with Crippen LogP contribution in [0.1, 0.15) is 18.4 Å². The van der Waals surface area contributed by atoms with Crippen molar-refractivity contribution >= 4 is 27.5 Å². The molecule has 0 radical (unpaired) electrons. The second-order valence-corrected chi connectivity index (χ2v) is 9.25. The standard InChI is InChI=1S/C21H25ClN2O5S/c1-28-19-8-3-15(13-20(19)29-2)14-21(25)24-11-9-17(10-12-24)23-30(26,27)18-6-4-16(22)5-7-18/h3-8,13,17,23H,9-12,14H2,1-2H3. The monoisotopic (exact) mass is 452 g/mol. The molecule has 162 valence electrons. The number of piperidine rings is 1. The first-order valence-corrected chi connectivity index (χ1v) is 11.4. The molecule has 1 fully saturated rings. The van der Waals surface area contributed by atoms with Crippen LogP contribution in [0.5, 0.6) is 11.5 Å². The van der Waals surface area contributed by atoms with Crippen molar-refractivity contribution in [2.45, 2.75) is 30.2 Å². The number of likely N-dealkylation sites (tertiary alicyclic amines) is 1. The minimum Gasteiger partial charge on any atom is -0.493 e. The molecule has 0 spiro atoms. The van der Waals surface area contributed by atoms with Crippen LogP contribution in [0, 0.1) is 0 Å². The summed E-state index contributed by atoms with van der Waals surface area (Å²) < 4.78 is 38.3. The van der Waals surface area contributed by atoms with E-state index in [1.54, 1.807) is 43.4 Å². The van der Waals surface area contributed by atoms with E-state index in [0.717, 1.165) is 5.56 Å². The van der Waals surface area contributed by atoms with Crippen LogP contribution in [0.3, 0.4) is 0 Å². The third kappa shape index (κ3) is 5.44. The third-order valence-corrected chi connectivity index (χ3v) is 6.89. The average molecular weight is 453 g/mol. The molecule has 3 rings (SSSR count). The Morgan fingerprint density at radius 1 is 1.07 bits per heavy atom. The lowest BCUT2D eigenvalue weighted by atomic mass is 10.0. The number of hydrogen-bond acceptors (Lipinski definition) is 5. The molecule has 1 aliphatic heterocycles. The van der Waals surface area contributed by atoms with Gasteiger partial charge in [0, 0.05) is 24.2 Å². The predicted octanol–water partition coefficient (Wildman–Crippen LogP) is 2.87. The summed E-state index contributed by atoms with van der Waals surface area (Å²) in [6.45, 7) is 1.000. The highest BCUT2D eigenvalue weighted by Crippen LogP contribution is 2.28. The van der Waals surface area contributed by atoms with E-state index >= 15 is 0 Å². The lowest BCUT2D eigenvalue weighted by molar-refractivity contribution is -0.131. The van der Waals surface area contributed by atoms with Gasteiger partial charge in [0.05, 0.1) is 25.5 Å². The zero-order valence-corrected chi connectivity index (χ0v) is 18.5. The Bertz CT molecular complexity index is 987. The lowest BCUT2D eigenvalue weighted by Gasteiger charge is -2.32. The van der Waals surface area contributed by atoms with E-state index in [0.29, 0.717) is 42.5 Å². The van der Waals surface area contributed by atoms with Gasteiger partial charge in [0.25, 0.3) is 0 Å². The number of halogens is 1. The summed E-state index contributed by atoms with van der Waals surface area (Å²) in [5.41, 5.74) is 0.836. The first-order chi connectivity index (χ1) is 14.3. The molecule has 1 amide bonds. The number of methoxy groups -OCH3 is 2. The minimum absolute atomic E-state index is 0.00114. The SMILES string of the molecule is COc1ccc(CC(=O)N2CCC(NS(=O)(=O)c3ccc(Cl)cc3)CC2)cc1OC. The Kier molecular flexibility index (Phi) is 7.23. The van der Waals surface area contributed by atoms with Crippen LogP contribution < -0.4 is 14.2 Å². The van der Waals surface area contributed by atoms with E-state index in [1.807, 2.05) is 6.07 Å². The second-order valence-electron chi connectivity index (χ2n) is 7.10. The van der Waals surface area contributed by atoms with Gasteiger partial charge in [0.1, 0.15) is 0 Å². The molecule has 7 nitrogen and oxygen atoms in total. The maximum Gasteiger partial charge on any atom is 0.240 e. The molecule has 0 bridgehead atoms. The van der Waals surface area contributed by atoms with Crippen LogP contribution in [0.15, 0.2) is 47.4 Å². The molecule has 1 aliphatic rings. The fourth-order valence-electron chi connectivity index (χ4n) is 3.42. The van der Waals surface area contributed by atoms with Crippen LogP contribution in [-0.2, 0) is 21.2 Å². The van der Waals surface area contributed by atoms with Gasteiger partial charge in [0.15, 0.2) is 11.5 Å². The molecule has 0 aliphatic carbocycles. The largest absolute Gasteiger partial charge is 0.493 e. The van der Waals surface area contributed by atoms with E-state index in [2.05, 4.69) is 4.72 Å². The van der Waals surface area contributed by atoms with Crippen molar-refractivity contribution in [3.63, 3.8) is 0 Å². The highest BCUT2D eigenvalue weighted by Gasteiger charge is 2.26. The van der Waals surface area contributed by atoms with E-state index in [9.17, 15) is 13.2 Å². The zero-order chi connectivity index (χ0) is 21.7. The highest BCUT2D eigenvalue weighted by atomic mass is 35.5. The lowest BCUT2D eigenvalue weighted by Crippen LogP contribution is -2.46. The second kappa shape index (κ2) is 9.68. The fourth-order valence-corrected chi connectivity index (χ4v) is 4.86. The molecule has 1 N–H and O–H groups in total. The zero-order valence-electron chi connectivity index (χ0n) is 16.9. The van der Waals surface area contributed by atoms with Gasteiger partial charge in [-0.3, -0.25) is 4.79 Å². The number of rotatable bonds is 7. The van der Waals surface area contributed by atoms with E-state index in [4.69, 9.17) is 21.1 Å². The number of hydrogen-bond donors (Lipinski definition) is 1. The van der Waals surface area contributed by atoms with Crippen LogP contribution in [0.25, 0.3) is 0 Å². The van der Waals surface area contributed by atoms with Crippen molar-refractivity contribution in [1.82, 2.24) is 9.62 Å². The van der Waals surface area contributed by atoms with E-state index < -0.39 is 10.0 Å². The molecule has 0 saturated carbocycles. The van der Waals surface area contributed by atoms with Gasteiger partial charge in [-0.15, -0.1) is 0 Å². The molecule has 30 heavy (non-hydrogen) atoms. The first-order valence-electron chi connectivity index (χ1n) is 9.59. The van der Waals surface area contributed by atoms with Crippen molar-refractivity contribution in [2.24, 2.45) is 0 Å². The number of nitrogens with one attached hydrogen (secondary N) is 1. The Morgan fingerprint density at radius 3 is 2.30 bits per heavy atom. The number of sulfonamides is 1. The summed E-state index contributed by atoms with van der Waals surface area (Å²) >= 11 is 5.82. The van der Waals surface area contributed by atoms with Gasteiger partial charge in [-0.25, -0.2) is 13.1 Å². The molecule has 0 aromatic heterocycles. The summed E-state index contributed by atoms with van der Waals surface area (Å²) in [7, 11) is -0.497. The maximum atomic E-state index is 12.7. The summed E-state index contributed by atoms with van der Waals surface area (Å²) in [6, 6.07) is 11.3. The normalized spacial score (nSPS) is 15.1. The fraction of sp³-hybridized carbons (Fsp3) is 0.381. The number of ether oxygens (including phenoxy) is 2. The summed E-state index contributed by atoms with van der Waals surface area (Å²) in [4.78, 5) is 14.6. The summed E-state index contributed by atoms with van der Waals surface area (Å²) in [5.74, 6) is 1.20. The van der Waals surface area contributed by atoms with Crippen LogP contribution in [0.2, 0.25) is 5.02 Å². The van der Waals surface area contributed by atoms with E-state index in [1.165, 1.54) is 12.1 Å². The number of nitrogens with zero attached hydrogens (tertiary/aromatic N) is 1. The van der Waals surface area contributed by atoms with Crippen molar-refractivity contribution < 1.29 is 22.7 Å². The molecule has 0 unspecified atom stereocenters. The number of benzene rings is 2. The molecule has 9 heteroatoms. The van der Waals surface area contributed by atoms with Crippen LogP contribution >= 0.6 is 11.6 Å². The Hall–Kier alpha value is -2.29. The Balaban J connectivity index is 1.55. The highest BCUT2D eigenvalue weighted by molar-refractivity contribution is 7.89. The molecule has 1 saturated heterocycles. The van der Waals surface area contributed by atoms with E-state index in [-0.39, 0.29) is 23.3 Å². The summed E-state index contributed by atoms with van der Waals surface area (Å²) in [5, 5.41) is 0.482. The number of carbonyl (C=O) groups excluding carboxylic acids is 1. The quantitative estimate of drug-likeness (QED) is 0.698. The third-order valence-electron chi connectivity index (χ3n) is 5.10. The first kappa shape index (κ1) is 22.4. The van der Waals surface area contributed by atoms with Crippen LogP contribution in [0.4, 0.5) is 0 Å². The minimum atomic E-state index is -3.62. The Labute approximate surface area is 182 Å². The predicted molar refractivity (Wildman–Crippen MR) is 115 cm³/mol. The van der Waals surface area contributed by atoms with Gasteiger partial charge < -0.3 is 14.4 Å².